The van der Waals surface area contributed by atoms with E-state index >= 15 is 0 Å². The fourth-order valence-corrected chi connectivity index (χ4v) is 2.19. The van der Waals surface area contributed by atoms with E-state index in [0.717, 1.165) is 5.01 Å². The highest BCUT2D eigenvalue weighted by molar-refractivity contribution is 7.09. The molecule has 0 fully saturated rings. The van der Waals surface area contributed by atoms with Gasteiger partial charge in [0, 0.05) is 5.38 Å². The number of nitrogens with one attached hydrogen (secondary N) is 1. The normalized spacial score (nSPS) is 16.3. The van der Waals surface area contributed by atoms with Gasteiger partial charge < -0.3 is 25.4 Å². The van der Waals surface area contributed by atoms with Crippen LogP contribution >= 0.6 is 11.3 Å². The highest BCUT2D eigenvalue weighted by Gasteiger charge is 2.27. The molecule has 7 nitrogen and oxygen atoms in total. The van der Waals surface area contributed by atoms with Crippen molar-refractivity contribution in [3.05, 3.63) is 22.3 Å². The Kier molecular flexibility index (Phi) is 4.27. The van der Waals surface area contributed by atoms with Gasteiger partial charge in [-0.2, -0.15) is 0 Å². The van der Waals surface area contributed by atoms with Gasteiger partial charge >= 0.3 is 0 Å². The molecule has 0 unspecified atom stereocenters. The molecule has 0 radical (unpaired) electrons. The second-order valence-electron chi connectivity index (χ2n) is 4.12. The van der Waals surface area contributed by atoms with Crippen molar-refractivity contribution in [3.8, 4) is 11.5 Å². The number of aliphatic hydroxyl groups is 4. The highest BCUT2D eigenvalue weighted by atomic mass is 32.1. The monoisotopic (exact) mass is 285 g/mol. The van der Waals surface area contributed by atoms with Crippen molar-refractivity contribution < 1.29 is 20.4 Å². The van der Waals surface area contributed by atoms with Crippen LogP contribution in [0.2, 0.25) is 0 Å². The largest absolute Gasteiger partial charge is 0.394 e. The van der Waals surface area contributed by atoms with Crippen LogP contribution in [0, 0.1) is 6.92 Å². The predicted octanol–water partition coefficient (Wildman–Crippen LogP) is -0.411. The van der Waals surface area contributed by atoms with Gasteiger partial charge in [0.15, 0.2) is 5.82 Å². The lowest BCUT2D eigenvalue weighted by molar-refractivity contribution is -0.0788. The van der Waals surface area contributed by atoms with Crippen molar-refractivity contribution in [1.29, 1.82) is 0 Å². The van der Waals surface area contributed by atoms with Gasteiger partial charge in [-0.05, 0) is 6.92 Å². The first-order valence-electron chi connectivity index (χ1n) is 5.65. The molecule has 2 aromatic rings. The smallest absolute Gasteiger partial charge is 0.157 e. The fraction of sp³-hybridized carbons (Fsp3) is 0.455. The first-order valence-corrected chi connectivity index (χ1v) is 6.53. The third-order valence-corrected chi connectivity index (χ3v) is 3.45. The molecule has 0 amide bonds. The number of thiazole rings is 1. The van der Waals surface area contributed by atoms with E-state index in [1.807, 2.05) is 12.3 Å². The number of imidazole rings is 1. The Balaban J connectivity index is 2.17. The van der Waals surface area contributed by atoms with Crippen molar-refractivity contribution in [1.82, 2.24) is 15.0 Å². The van der Waals surface area contributed by atoms with E-state index in [1.54, 1.807) is 0 Å². The van der Waals surface area contributed by atoms with Crippen molar-refractivity contribution >= 4 is 11.3 Å². The van der Waals surface area contributed by atoms with Crippen LogP contribution in [0.5, 0.6) is 0 Å². The van der Waals surface area contributed by atoms with Crippen molar-refractivity contribution in [2.24, 2.45) is 0 Å². The predicted molar refractivity (Wildman–Crippen MR) is 68.5 cm³/mol. The number of H-pyrrole nitrogens is 1. The molecule has 0 aromatic carbocycles. The van der Waals surface area contributed by atoms with E-state index < -0.39 is 24.9 Å². The maximum absolute atomic E-state index is 9.85. The lowest BCUT2D eigenvalue weighted by Crippen LogP contribution is -2.34. The zero-order valence-corrected chi connectivity index (χ0v) is 11.0. The summed E-state index contributed by atoms with van der Waals surface area (Å²) in [5, 5.41) is 40.2. The maximum Gasteiger partial charge on any atom is 0.157 e. The van der Waals surface area contributed by atoms with Gasteiger partial charge in [-0.1, -0.05) is 0 Å². The number of hydrogen-bond donors (Lipinski definition) is 5. The van der Waals surface area contributed by atoms with E-state index in [1.165, 1.54) is 17.5 Å². The summed E-state index contributed by atoms with van der Waals surface area (Å²) in [5.41, 5.74) is 0.902. The summed E-state index contributed by atoms with van der Waals surface area (Å²) in [6.45, 7) is 1.23. The SMILES string of the molecule is Cc1nc(-c2ncc([C@@H](O)[C@H](O)[C@H](O)CO)[nH]2)cs1. The van der Waals surface area contributed by atoms with E-state index in [4.69, 9.17) is 5.11 Å². The van der Waals surface area contributed by atoms with Crippen molar-refractivity contribution in [2.75, 3.05) is 6.61 Å². The van der Waals surface area contributed by atoms with Crippen molar-refractivity contribution in [2.45, 2.75) is 25.2 Å². The molecule has 0 aliphatic carbocycles. The molecule has 0 saturated carbocycles. The van der Waals surface area contributed by atoms with Crippen LogP contribution in [0.3, 0.4) is 0 Å². The Morgan fingerprint density at radius 3 is 2.68 bits per heavy atom. The summed E-state index contributed by atoms with van der Waals surface area (Å²) in [5.74, 6) is 0.476. The summed E-state index contributed by atoms with van der Waals surface area (Å²) in [4.78, 5) is 11.1. The average Bonchev–Trinajstić information content (AvgIpc) is 3.04. The Bertz CT molecular complexity index is 542. The lowest BCUT2D eigenvalue weighted by atomic mass is 10.1. The second-order valence-corrected chi connectivity index (χ2v) is 5.19. The van der Waals surface area contributed by atoms with Gasteiger partial charge in [-0.25, -0.2) is 9.97 Å². The van der Waals surface area contributed by atoms with Crippen LogP contribution in [0.4, 0.5) is 0 Å². The fourth-order valence-electron chi connectivity index (χ4n) is 1.59. The molecule has 2 aromatic heterocycles. The number of aryl methyl sites for hydroxylation is 1. The van der Waals surface area contributed by atoms with Crippen LogP contribution in [0.25, 0.3) is 11.5 Å². The molecular formula is C11H15N3O4S. The molecule has 8 heteroatoms. The standard InChI is InChI=1S/C11H15N3O4S/c1-5-13-7(4-19-5)11-12-2-6(14-11)9(17)10(18)8(16)3-15/h2,4,8-10,15-18H,3H2,1H3,(H,12,14)/t8-,9-,10-/m1/s1. The van der Waals surface area contributed by atoms with Crippen LogP contribution < -0.4 is 0 Å². The van der Waals surface area contributed by atoms with Crippen molar-refractivity contribution in [3.63, 3.8) is 0 Å². The van der Waals surface area contributed by atoms with E-state index in [0.29, 0.717) is 11.5 Å². The minimum absolute atomic E-state index is 0.251. The summed E-state index contributed by atoms with van der Waals surface area (Å²) < 4.78 is 0. The number of aromatic nitrogens is 3. The van der Waals surface area contributed by atoms with E-state index in [2.05, 4.69) is 15.0 Å². The molecule has 0 spiro atoms. The molecule has 104 valence electrons. The molecule has 2 heterocycles. The van der Waals surface area contributed by atoms with Gasteiger partial charge in [0.2, 0.25) is 0 Å². The highest BCUT2D eigenvalue weighted by Crippen LogP contribution is 2.22. The van der Waals surface area contributed by atoms with Crippen LogP contribution in [-0.2, 0) is 0 Å². The Morgan fingerprint density at radius 1 is 1.37 bits per heavy atom. The number of nitrogens with zero attached hydrogens (tertiary/aromatic N) is 2. The molecule has 0 saturated heterocycles. The first kappa shape index (κ1) is 14.1. The van der Waals surface area contributed by atoms with Gasteiger partial charge in [0.25, 0.3) is 0 Å². The Morgan fingerprint density at radius 2 is 2.11 bits per heavy atom. The molecule has 3 atom stereocenters. The molecular weight excluding hydrogens is 270 g/mol. The summed E-state index contributed by atoms with van der Waals surface area (Å²) in [6, 6.07) is 0. The van der Waals surface area contributed by atoms with Gasteiger partial charge in [-0.15, -0.1) is 11.3 Å². The Hall–Kier alpha value is -1.32. The molecule has 5 N–H and O–H groups in total. The summed E-state index contributed by atoms with van der Waals surface area (Å²) in [6.07, 6.45) is -2.90. The molecule has 0 bridgehead atoms. The number of aromatic amines is 1. The quantitative estimate of drug-likeness (QED) is 0.509. The minimum atomic E-state index is -1.49. The first-order chi connectivity index (χ1) is 9.02. The zero-order valence-electron chi connectivity index (χ0n) is 10.2. The van der Waals surface area contributed by atoms with Crippen LogP contribution in [0.1, 0.15) is 16.8 Å². The number of rotatable bonds is 5. The maximum atomic E-state index is 9.85. The second kappa shape index (κ2) is 5.76. The number of aliphatic hydroxyl groups excluding tert-OH is 4. The molecule has 2 rings (SSSR count). The third kappa shape index (κ3) is 2.99. The third-order valence-electron chi connectivity index (χ3n) is 2.68. The van der Waals surface area contributed by atoms with E-state index in [-0.39, 0.29) is 5.69 Å². The van der Waals surface area contributed by atoms with Crippen LogP contribution in [0.15, 0.2) is 11.6 Å². The van der Waals surface area contributed by atoms with Gasteiger partial charge in [-0.3, -0.25) is 0 Å². The van der Waals surface area contributed by atoms with Crippen LogP contribution in [-0.4, -0.2) is 54.2 Å². The van der Waals surface area contributed by atoms with E-state index in [9.17, 15) is 15.3 Å². The molecule has 0 aliphatic rings. The zero-order chi connectivity index (χ0) is 14.0. The summed E-state index contributed by atoms with van der Waals surface area (Å²) in [7, 11) is 0. The Labute approximate surface area is 113 Å². The minimum Gasteiger partial charge on any atom is -0.394 e. The van der Waals surface area contributed by atoms with Gasteiger partial charge in [0.05, 0.1) is 23.5 Å². The molecule has 19 heavy (non-hydrogen) atoms. The molecule has 0 aliphatic heterocycles. The van der Waals surface area contributed by atoms with Gasteiger partial charge in [0.1, 0.15) is 24.0 Å². The average molecular weight is 285 g/mol. The number of hydrogen-bond acceptors (Lipinski definition) is 7. The summed E-state index contributed by atoms with van der Waals surface area (Å²) >= 11 is 1.48. The topological polar surface area (TPSA) is 122 Å². The lowest BCUT2D eigenvalue weighted by Gasteiger charge is -2.20.